The van der Waals surface area contributed by atoms with E-state index in [1.54, 1.807) is 99.6 Å². The number of ether oxygens (including phenoxy) is 6. The zero-order valence-corrected chi connectivity index (χ0v) is 42.5. The van der Waals surface area contributed by atoms with E-state index in [4.69, 9.17) is 23.7 Å². The van der Waals surface area contributed by atoms with E-state index in [0.29, 0.717) is 45.0 Å². The van der Waals surface area contributed by atoms with Crippen molar-refractivity contribution in [3.8, 4) is 23.0 Å². The second-order valence-corrected chi connectivity index (χ2v) is 11.9. The van der Waals surface area contributed by atoms with E-state index in [1.165, 1.54) is 14.2 Å². The monoisotopic (exact) mass is 912 g/mol. The Morgan fingerprint density at radius 1 is 0.554 bits per heavy atom. The maximum Gasteiger partial charge on any atom is 1.00 e. The summed E-state index contributed by atoms with van der Waals surface area (Å²) in [7, 11) is 7.51. The van der Waals surface area contributed by atoms with E-state index in [1.807, 2.05) is 62.8 Å². The normalized spacial score (nSPS) is 8.86. The summed E-state index contributed by atoms with van der Waals surface area (Å²) in [5.41, 5.74) is 4.21. The van der Waals surface area contributed by atoms with Gasteiger partial charge in [-0.25, -0.2) is 14.4 Å². The zero-order valence-electron chi connectivity index (χ0n) is 34.4. The van der Waals surface area contributed by atoms with Gasteiger partial charge < -0.3 is 46.5 Å². The van der Waals surface area contributed by atoms with Crippen molar-refractivity contribution in [2.24, 2.45) is 0 Å². The molecule has 0 bridgehead atoms. The number of rotatable bonds is 12. The average molecular weight is 914 g/mol. The summed E-state index contributed by atoms with van der Waals surface area (Å²) in [6.07, 6.45) is 5.55. The van der Waals surface area contributed by atoms with E-state index < -0.39 is 0 Å². The van der Waals surface area contributed by atoms with Crippen LogP contribution in [0, 0.1) is 0 Å². The van der Waals surface area contributed by atoms with Gasteiger partial charge in [0.2, 0.25) is 0 Å². The number of methoxy groups -OCH3 is 5. The molecule has 298 valence electrons. The maximum atomic E-state index is 12.3. The molecule has 4 aromatic rings. The van der Waals surface area contributed by atoms with Crippen LogP contribution in [0.2, 0.25) is 0 Å². The Kier molecular flexibility index (Phi) is 40.7. The summed E-state index contributed by atoms with van der Waals surface area (Å²) < 4.78 is 30.4. The number of halogens is 1. The Hall–Kier alpha value is -1.82. The van der Waals surface area contributed by atoms with Crippen LogP contribution in [0.3, 0.4) is 0 Å². The second kappa shape index (κ2) is 37.5. The van der Waals surface area contributed by atoms with Crippen LogP contribution >= 0.6 is 39.5 Å². The largest absolute Gasteiger partial charge is 1.00 e. The summed E-state index contributed by atoms with van der Waals surface area (Å²) >= 11 is 10.7. The van der Waals surface area contributed by atoms with Crippen molar-refractivity contribution >= 4 is 70.0 Å². The maximum absolute atomic E-state index is 12.3. The number of carbonyl (C=O) groups excluding carboxylic acids is 3. The second-order valence-electron chi connectivity index (χ2n) is 9.64. The van der Waals surface area contributed by atoms with Crippen molar-refractivity contribution in [2.75, 3.05) is 54.3 Å². The van der Waals surface area contributed by atoms with E-state index in [2.05, 4.69) is 33.3 Å². The molecule has 0 heterocycles. The summed E-state index contributed by atoms with van der Waals surface area (Å²) in [6.45, 7) is 4.00. The van der Waals surface area contributed by atoms with E-state index in [9.17, 15) is 14.4 Å². The summed E-state index contributed by atoms with van der Waals surface area (Å²) in [5.74, 6) is 3.06. The third-order valence-electron chi connectivity index (χ3n) is 6.75. The smallest absolute Gasteiger partial charge is 0.870 e. The van der Waals surface area contributed by atoms with Crippen LogP contribution in [0.25, 0.3) is 0 Å². The van der Waals surface area contributed by atoms with Gasteiger partial charge in [0.15, 0.2) is 0 Å². The molecule has 0 radical (unpaired) electrons. The number of carbonyl (C=O) groups is 3. The SMILES string of the molecule is CC.COC(=O)c1cccc(OC)c1CBr.COC(=O)c1cccc(OC)c1CSC.COc1cccc(C(=O)Oc2ccccc2)c1CSC.C[S-].[Na+].[Na+].[OH-]. The van der Waals surface area contributed by atoms with E-state index in [0.717, 1.165) is 28.2 Å². The molecule has 0 aliphatic carbocycles. The predicted octanol–water partition coefficient (Wildman–Crippen LogP) is 3.52. The molecule has 1 N–H and O–H groups in total. The Bertz CT molecular complexity index is 1670. The van der Waals surface area contributed by atoms with Gasteiger partial charge in [0, 0.05) is 33.5 Å². The molecule has 0 unspecified atom stereocenters. The van der Waals surface area contributed by atoms with Gasteiger partial charge in [-0.05, 0) is 61.0 Å². The first kappa shape index (κ1) is 60.9. The van der Waals surface area contributed by atoms with Crippen molar-refractivity contribution in [3.05, 3.63) is 118 Å². The first-order chi connectivity index (χ1) is 25.7. The molecule has 0 spiro atoms. The van der Waals surface area contributed by atoms with Gasteiger partial charge in [-0.15, -0.1) is 0 Å². The number of hydrogen-bond acceptors (Lipinski definition) is 13. The minimum Gasteiger partial charge on any atom is -0.870 e. The molecule has 0 aromatic heterocycles. The fourth-order valence-corrected chi connectivity index (χ4v) is 6.19. The van der Waals surface area contributed by atoms with Gasteiger partial charge in [-0.1, -0.05) is 66.2 Å². The number of benzene rings is 4. The third-order valence-corrected chi connectivity index (χ3v) is 8.47. The molecule has 56 heavy (non-hydrogen) atoms. The Morgan fingerprint density at radius 3 is 1.21 bits per heavy atom. The molecule has 16 heteroatoms. The first-order valence-corrected chi connectivity index (χ1v) is 20.8. The molecule has 0 amide bonds. The topological polar surface area (TPSA) is 137 Å². The number of esters is 3. The van der Waals surface area contributed by atoms with Crippen molar-refractivity contribution in [3.63, 3.8) is 0 Å². The van der Waals surface area contributed by atoms with E-state index >= 15 is 0 Å². The average Bonchev–Trinajstić information content (AvgIpc) is 3.22. The standard InChI is InChI=1S/C16H16O3S.C11H14O3S.C10H11BrO3.C2H6.CH4S.2Na.H2O/c1-18-15-10-6-9-13(14(15)11-20-2)16(17)19-12-7-4-3-5-8-12;1-13-10-6-4-5-8(11(12)14-2)9(10)7-15-3;1-13-9-5-3-4-7(8(9)6-11)10(12)14-2;2*1-2;;;/h3-10H,11H2,1-2H3;4-6H,7H2,1-3H3;3-5H,6H2,1-2H3;1-2H3;2H,1H3;;;1H2/q;;;;;2*+1;/p-2. The predicted molar refractivity (Wildman–Crippen MR) is 227 cm³/mol. The van der Waals surface area contributed by atoms with Crippen molar-refractivity contribution in [1.82, 2.24) is 0 Å². The molecule has 4 aromatic carbocycles. The van der Waals surface area contributed by atoms with Gasteiger partial charge in [-0.2, -0.15) is 29.8 Å². The van der Waals surface area contributed by atoms with Crippen molar-refractivity contribution < 1.29 is 107 Å². The number of thioether (sulfide) groups is 2. The van der Waals surface area contributed by atoms with Gasteiger partial charge >= 0.3 is 77.0 Å². The van der Waals surface area contributed by atoms with Gasteiger partial charge in [-0.3, -0.25) is 0 Å². The molecular formula is C40H51BrNa2O10S3. The van der Waals surface area contributed by atoms with Gasteiger partial charge in [0.1, 0.15) is 23.0 Å². The van der Waals surface area contributed by atoms with Crippen LogP contribution in [0.4, 0.5) is 0 Å². The van der Waals surface area contributed by atoms with Crippen LogP contribution in [-0.4, -0.2) is 77.7 Å². The van der Waals surface area contributed by atoms with Crippen molar-refractivity contribution in [1.29, 1.82) is 0 Å². The molecule has 0 saturated heterocycles. The summed E-state index contributed by atoms with van der Waals surface area (Å²) in [6, 6.07) is 25.1. The Morgan fingerprint density at radius 2 is 0.893 bits per heavy atom. The number of alkyl halides is 1. The first-order valence-electron chi connectivity index (χ1n) is 16.1. The Labute approximate surface area is 399 Å². The minimum atomic E-state index is -0.362. The van der Waals surface area contributed by atoms with Crippen LogP contribution in [0.15, 0.2) is 84.9 Å². The molecular weight excluding hydrogens is 863 g/mol. The molecule has 0 aliphatic rings. The fraction of sp³-hybridized carbons (Fsp3) is 0.325. The molecule has 0 fully saturated rings. The molecule has 0 atom stereocenters. The fourth-order valence-electron chi connectivity index (χ4n) is 4.44. The van der Waals surface area contributed by atoms with Gasteiger partial charge in [0.05, 0.1) is 52.2 Å². The molecule has 10 nitrogen and oxygen atoms in total. The van der Waals surface area contributed by atoms with Crippen LogP contribution in [-0.2, 0) is 38.9 Å². The number of para-hydroxylation sites is 1. The summed E-state index contributed by atoms with van der Waals surface area (Å²) in [4.78, 5) is 35.1. The van der Waals surface area contributed by atoms with Crippen molar-refractivity contribution in [2.45, 2.75) is 30.7 Å². The quantitative estimate of drug-likeness (QED) is 0.0676. The van der Waals surface area contributed by atoms with Gasteiger partial charge in [0.25, 0.3) is 0 Å². The van der Waals surface area contributed by atoms with Crippen LogP contribution < -0.4 is 78.1 Å². The Balaban J connectivity index is -0.000000343. The zero-order chi connectivity index (χ0) is 40.2. The number of hydrogen-bond donors (Lipinski definition) is 0. The van der Waals surface area contributed by atoms with E-state index in [-0.39, 0.29) is 82.5 Å². The molecule has 0 saturated carbocycles. The molecule has 0 aliphatic heterocycles. The molecule has 4 rings (SSSR count). The van der Waals surface area contributed by atoms with Crippen LogP contribution in [0.5, 0.6) is 23.0 Å². The van der Waals surface area contributed by atoms with Crippen LogP contribution in [0.1, 0.15) is 61.6 Å². The summed E-state index contributed by atoms with van der Waals surface area (Å²) in [5, 5.41) is 0.557. The third kappa shape index (κ3) is 20.2. The minimum absolute atomic E-state index is 0.